The Morgan fingerprint density at radius 1 is 1.19 bits per heavy atom. The van der Waals surface area contributed by atoms with Gasteiger partial charge in [-0.1, -0.05) is 38.1 Å². The van der Waals surface area contributed by atoms with Gasteiger partial charge in [-0.05, 0) is 43.7 Å². The zero-order valence-corrected chi connectivity index (χ0v) is 22.1. The third-order valence-corrected chi connectivity index (χ3v) is 6.80. The zero-order chi connectivity index (χ0) is 22.1. The summed E-state index contributed by atoms with van der Waals surface area (Å²) in [5.74, 6) is 1.33. The minimum absolute atomic E-state index is 0. The Kier molecular flexibility index (Phi) is 11.8. The largest absolute Gasteiger partial charge is 0.357 e. The van der Waals surface area contributed by atoms with Crippen molar-refractivity contribution < 1.29 is 13.2 Å². The maximum atomic E-state index is 12.1. The fourth-order valence-corrected chi connectivity index (χ4v) is 5.17. The Morgan fingerprint density at radius 2 is 1.87 bits per heavy atom. The molecule has 0 aliphatic carbocycles. The molecule has 31 heavy (non-hydrogen) atoms. The van der Waals surface area contributed by atoms with Crippen molar-refractivity contribution in [3.05, 3.63) is 35.4 Å². The van der Waals surface area contributed by atoms with Gasteiger partial charge in [0.1, 0.15) is 0 Å². The number of sulfone groups is 1. The first-order valence-corrected chi connectivity index (χ1v) is 12.6. The van der Waals surface area contributed by atoms with Crippen LogP contribution in [-0.2, 0) is 21.1 Å². The van der Waals surface area contributed by atoms with Crippen LogP contribution in [0, 0.1) is 5.92 Å². The number of amides is 1. The summed E-state index contributed by atoms with van der Waals surface area (Å²) in [6, 6.07) is 8.44. The Balaban J connectivity index is 0.00000480. The molecule has 7 nitrogen and oxygen atoms in total. The van der Waals surface area contributed by atoms with Crippen LogP contribution >= 0.6 is 24.0 Å². The summed E-state index contributed by atoms with van der Waals surface area (Å²) in [4.78, 5) is 16.6. The van der Waals surface area contributed by atoms with Gasteiger partial charge in [0, 0.05) is 19.0 Å². The number of halogens is 1. The molecule has 1 aromatic rings. The van der Waals surface area contributed by atoms with Crippen LogP contribution in [0.3, 0.4) is 0 Å². The lowest BCUT2D eigenvalue weighted by Crippen LogP contribution is -2.39. The molecule has 1 aliphatic rings. The van der Waals surface area contributed by atoms with E-state index < -0.39 is 9.84 Å². The van der Waals surface area contributed by atoms with Gasteiger partial charge in [0.25, 0.3) is 0 Å². The van der Waals surface area contributed by atoms with Crippen LogP contribution in [0.2, 0.25) is 0 Å². The van der Waals surface area contributed by atoms with E-state index in [9.17, 15) is 13.2 Å². The van der Waals surface area contributed by atoms with Crippen molar-refractivity contribution in [2.75, 3.05) is 24.6 Å². The molecule has 2 rings (SSSR count). The van der Waals surface area contributed by atoms with Crippen LogP contribution in [0.5, 0.6) is 0 Å². The Labute approximate surface area is 204 Å². The van der Waals surface area contributed by atoms with E-state index in [0.29, 0.717) is 24.8 Å². The molecule has 0 spiro atoms. The van der Waals surface area contributed by atoms with Crippen LogP contribution in [0.15, 0.2) is 29.3 Å². The highest BCUT2D eigenvalue weighted by atomic mass is 127. The van der Waals surface area contributed by atoms with E-state index in [1.165, 1.54) is 11.1 Å². The molecule has 0 saturated carbocycles. The van der Waals surface area contributed by atoms with Crippen LogP contribution in [-0.4, -0.2) is 50.9 Å². The summed E-state index contributed by atoms with van der Waals surface area (Å²) in [6.07, 6.45) is 1.79. The Hall–Kier alpha value is -1.36. The van der Waals surface area contributed by atoms with Gasteiger partial charge in [0.05, 0.1) is 24.1 Å². The first-order valence-electron chi connectivity index (χ1n) is 10.8. The van der Waals surface area contributed by atoms with Crippen LogP contribution in [0.25, 0.3) is 0 Å². The minimum atomic E-state index is -2.99. The second-order valence-corrected chi connectivity index (χ2v) is 10.6. The first-order chi connectivity index (χ1) is 14.2. The zero-order valence-electron chi connectivity index (χ0n) is 19.0. The van der Waals surface area contributed by atoms with E-state index >= 15 is 0 Å². The molecular formula is C22H37IN4O3S. The monoisotopic (exact) mass is 564 g/mol. The smallest absolute Gasteiger partial charge is 0.222 e. The molecule has 1 fully saturated rings. The average Bonchev–Trinajstić information content (AvgIpc) is 3.00. The van der Waals surface area contributed by atoms with Gasteiger partial charge in [-0.25, -0.2) is 8.42 Å². The predicted octanol–water partition coefficient (Wildman–Crippen LogP) is 2.81. The summed E-state index contributed by atoms with van der Waals surface area (Å²) in [7, 11) is -2.99. The van der Waals surface area contributed by atoms with Crippen molar-refractivity contribution >= 4 is 45.7 Å². The normalized spacial score (nSPS) is 18.9. The first kappa shape index (κ1) is 27.7. The maximum Gasteiger partial charge on any atom is 0.222 e. The van der Waals surface area contributed by atoms with Gasteiger partial charge >= 0.3 is 0 Å². The van der Waals surface area contributed by atoms with E-state index in [1.807, 2.05) is 6.92 Å². The van der Waals surface area contributed by atoms with Crippen LogP contribution in [0.4, 0.5) is 0 Å². The average molecular weight is 565 g/mol. The van der Waals surface area contributed by atoms with E-state index in [4.69, 9.17) is 0 Å². The summed E-state index contributed by atoms with van der Waals surface area (Å²) >= 11 is 0. The van der Waals surface area contributed by atoms with Gasteiger partial charge < -0.3 is 16.0 Å². The number of rotatable bonds is 9. The SMILES string of the molecule is CCNC(=NCCC(=O)NC1CCS(=O)(=O)C1)NC(C)c1ccc(CC(C)C)cc1.I. The molecule has 0 aromatic heterocycles. The van der Waals surface area contributed by atoms with Crippen LogP contribution in [0.1, 0.15) is 57.7 Å². The number of hydrogen-bond acceptors (Lipinski definition) is 4. The number of hydrogen-bond donors (Lipinski definition) is 3. The second kappa shape index (κ2) is 13.2. The van der Waals surface area contributed by atoms with Gasteiger partial charge in [-0.3, -0.25) is 9.79 Å². The number of carbonyl (C=O) groups is 1. The molecule has 3 N–H and O–H groups in total. The van der Waals surface area contributed by atoms with Crippen molar-refractivity contribution in [3.8, 4) is 0 Å². The highest BCUT2D eigenvalue weighted by Gasteiger charge is 2.28. The van der Waals surface area contributed by atoms with Gasteiger partial charge in [0.2, 0.25) is 5.91 Å². The number of carbonyl (C=O) groups excluding carboxylic acids is 1. The van der Waals surface area contributed by atoms with Crippen molar-refractivity contribution in [1.29, 1.82) is 0 Å². The fraction of sp³-hybridized carbons (Fsp3) is 0.636. The van der Waals surface area contributed by atoms with Crippen molar-refractivity contribution in [3.63, 3.8) is 0 Å². The highest BCUT2D eigenvalue weighted by molar-refractivity contribution is 14.0. The third kappa shape index (κ3) is 10.2. The predicted molar refractivity (Wildman–Crippen MR) is 138 cm³/mol. The lowest BCUT2D eigenvalue weighted by Gasteiger charge is -2.19. The molecule has 1 aromatic carbocycles. The molecular weight excluding hydrogens is 527 g/mol. The van der Waals surface area contributed by atoms with Crippen molar-refractivity contribution in [2.24, 2.45) is 10.9 Å². The minimum Gasteiger partial charge on any atom is -0.357 e. The Morgan fingerprint density at radius 3 is 2.42 bits per heavy atom. The number of benzene rings is 1. The van der Waals surface area contributed by atoms with E-state index in [2.05, 4.69) is 66.0 Å². The number of aliphatic imine (C=N–C) groups is 1. The lowest BCUT2D eigenvalue weighted by molar-refractivity contribution is -0.121. The van der Waals surface area contributed by atoms with E-state index in [0.717, 1.165) is 13.0 Å². The van der Waals surface area contributed by atoms with E-state index in [-0.39, 0.29) is 59.9 Å². The molecule has 2 atom stereocenters. The quantitative estimate of drug-likeness (QED) is 0.244. The topological polar surface area (TPSA) is 99.7 Å². The molecule has 176 valence electrons. The molecule has 1 heterocycles. The summed E-state index contributed by atoms with van der Waals surface area (Å²) in [6.45, 7) is 9.56. The second-order valence-electron chi connectivity index (χ2n) is 8.38. The Bertz CT molecular complexity index is 826. The summed E-state index contributed by atoms with van der Waals surface area (Å²) < 4.78 is 23.0. The lowest BCUT2D eigenvalue weighted by atomic mass is 10.00. The molecule has 9 heteroatoms. The van der Waals surface area contributed by atoms with Gasteiger partial charge in [0.15, 0.2) is 15.8 Å². The maximum absolute atomic E-state index is 12.1. The molecule has 1 amide bonds. The number of guanidine groups is 1. The fourth-order valence-electron chi connectivity index (χ4n) is 3.50. The third-order valence-electron chi connectivity index (χ3n) is 5.03. The molecule has 0 radical (unpaired) electrons. The molecule has 1 saturated heterocycles. The van der Waals surface area contributed by atoms with Crippen LogP contribution < -0.4 is 16.0 Å². The summed E-state index contributed by atoms with van der Waals surface area (Å²) in [5, 5.41) is 9.38. The molecule has 0 bridgehead atoms. The standard InChI is InChI=1S/C22H36N4O3S.HI/c1-5-23-22(24-12-10-21(27)26-20-11-13-30(28,29)15-20)25-17(4)19-8-6-18(7-9-19)14-16(2)3;/h6-9,16-17,20H,5,10-15H2,1-4H3,(H,26,27)(H2,23,24,25);1H. The number of nitrogens with one attached hydrogen (secondary N) is 3. The molecule has 2 unspecified atom stereocenters. The summed E-state index contributed by atoms with van der Waals surface area (Å²) in [5.41, 5.74) is 2.51. The molecule has 1 aliphatic heterocycles. The van der Waals surface area contributed by atoms with Gasteiger partial charge in [-0.15, -0.1) is 24.0 Å². The van der Waals surface area contributed by atoms with Gasteiger partial charge in [-0.2, -0.15) is 0 Å². The number of nitrogens with zero attached hydrogens (tertiary/aromatic N) is 1. The van der Waals surface area contributed by atoms with E-state index in [1.54, 1.807) is 0 Å². The van der Waals surface area contributed by atoms with Crippen molar-refractivity contribution in [2.45, 2.75) is 59.0 Å². The van der Waals surface area contributed by atoms with Crippen molar-refractivity contribution in [1.82, 2.24) is 16.0 Å². The highest BCUT2D eigenvalue weighted by Crippen LogP contribution is 2.15.